The van der Waals surface area contributed by atoms with Gasteiger partial charge in [0, 0.05) is 5.39 Å². The first-order valence-corrected chi connectivity index (χ1v) is 7.00. The highest BCUT2D eigenvalue weighted by molar-refractivity contribution is 5.77. The quantitative estimate of drug-likeness (QED) is 0.675. The summed E-state index contributed by atoms with van der Waals surface area (Å²) in [5.74, 6) is 0.595. The van der Waals surface area contributed by atoms with Crippen LogP contribution >= 0.6 is 0 Å². The van der Waals surface area contributed by atoms with Crippen LogP contribution in [-0.2, 0) is 16.1 Å². The van der Waals surface area contributed by atoms with Crippen LogP contribution in [-0.4, -0.2) is 12.6 Å². The molecule has 3 aromatic rings. The van der Waals surface area contributed by atoms with Crippen LogP contribution in [0, 0.1) is 11.3 Å². The maximum atomic E-state index is 11.7. The zero-order valence-electron chi connectivity index (χ0n) is 12.2. The standard InChI is InChI=1S/C18H13NO4/c19-10-13-5-7-15(8-6-13)21-12-18(20)22-11-16-9-14-3-1-2-4-17(14)23-16/h1-9H,11-12H2. The minimum Gasteiger partial charge on any atom is -0.482 e. The molecular weight excluding hydrogens is 294 g/mol. The van der Waals surface area contributed by atoms with Crippen molar-refractivity contribution >= 4 is 16.9 Å². The number of para-hydroxylation sites is 1. The second-order valence-electron chi connectivity index (χ2n) is 4.84. The van der Waals surface area contributed by atoms with Crippen LogP contribution in [0.4, 0.5) is 0 Å². The second kappa shape index (κ2) is 6.67. The van der Waals surface area contributed by atoms with E-state index in [9.17, 15) is 4.79 Å². The molecule has 0 aliphatic carbocycles. The highest BCUT2D eigenvalue weighted by Crippen LogP contribution is 2.19. The van der Waals surface area contributed by atoms with Crippen LogP contribution in [0.2, 0.25) is 0 Å². The lowest BCUT2D eigenvalue weighted by Crippen LogP contribution is -2.14. The minimum absolute atomic E-state index is 0.0598. The van der Waals surface area contributed by atoms with Crippen LogP contribution < -0.4 is 4.74 Å². The molecule has 5 heteroatoms. The molecule has 1 aromatic heterocycles. The number of nitrogens with zero attached hydrogens (tertiary/aromatic N) is 1. The van der Waals surface area contributed by atoms with Gasteiger partial charge in [0.05, 0.1) is 11.6 Å². The fourth-order valence-electron chi connectivity index (χ4n) is 2.07. The predicted octanol–water partition coefficient (Wildman–Crippen LogP) is 3.43. The van der Waals surface area contributed by atoms with Gasteiger partial charge in [-0.2, -0.15) is 5.26 Å². The van der Waals surface area contributed by atoms with Crippen molar-refractivity contribution in [1.29, 1.82) is 5.26 Å². The van der Waals surface area contributed by atoms with Gasteiger partial charge in [-0.25, -0.2) is 4.79 Å². The van der Waals surface area contributed by atoms with E-state index in [1.807, 2.05) is 36.4 Å². The molecule has 114 valence electrons. The molecule has 0 spiro atoms. The summed E-state index contributed by atoms with van der Waals surface area (Å²) in [7, 11) is 0. The normalized spacial score (nSPS) is 10.2. The Labute approximate surface area is 132 Å². The topological polar surface area (TPSA) is 72.5 Å². The Balaban J connectivity index is 1.50. The van der Waals surface area contributed by atoms with Gasteiger partial charge in [-0.05, 0) is 36.4 Å². The number of fused-ring (bicyclic) bond motifs is 1. The van der Waals surface area contributed by atoms with E-state index in [1.165, 1.54) is 0 Å². The molecule has 0 bridgehead atoms. The molecule has 0 saturated carbocycles. The number of hydrogen-bond acceptors (Lipinski definition) is 5. The Kier molecular flexibility index (Phi) is 4.25. The largest absolute Gasteiger partial charge is 0.482 e. The van der Waals surface area contributed by atoms with Crippen molar-refractivity contribution in [2.75, 3.05) is 6.61 Å². The molecule has 0 saturated heterocycles. The SMILES string of the molecule is N#Cc1ccc(OCC(=O)OCc2cc3ccccc3o2)cc1. The van der Waals surface area contributed by atoms with Gasteiger partial charge in [-0.1, -0.05) is 18.2 Å². The molecule has 0 aliphatic heterocycles. The monoisotopic (exact) mass is 307 g/mol. The molecule has 5 nitrogen and oxygen atoms in total. The van der Waals surface area contributed by atoms with Crippen molar-refractivity contribution in [2.24, 2.45) is 0 Å². The fourth-order valence-corrected chi connectivity index (χ4v) is 2.07. The van der Waals surface area contributed by atoms with Crippen LogP contribution in [0.1, 0.15) is 11.3 Å². The van der Waals surface area contributed by atoms with Crippen LogP contribution in [0.5, 0.6) is 5.75 Å². The third kappa shape index (κ3) is 3.69. The van der Waals surface area contributed by atoms with Crippen molar-refractivity contribution in [2.45, 2.75) is 6.61 Å². The van der Waals surface area contributed by atoms with Crippen LogP contribution in [0.25, 0.3) is 11.0 Å². The number of rotatable bonds is 5. The lowest BCUT2D eigenvalue weighted by molar-refractivity contribution is -0.147. The molecule has 23 heavy (non-hydrogen) atoms. The zero-order chi connectivity index (χ0) is 16.1. The maximum Gasteiger partial charge on any atom is 0.344 e. The highest BCUT2D eigenvalue weighted by Gasteiger charge is 2.08. The van der Waals surface area contributed by atoms with Gasteiger partial charge >= 0.3 is 5.97 Å². The van der Waals surface area contributed by atoms with Crippen molar-refractivity contribution in [1.82, 2.24) is 0 Å². The first-order chi connectivity index (χ1) is 11.2. The summed E-state index contributed by atoms with van der Waals surface area (Å²) in [5.41, 5.74) is 1.29. The lowest BCUT2D eigenvalue weighted by atomic mass is 10.2. The predicted molar refractivity (Wildman–Crippen MR) is 82.7 cm³/mol. The Bertz CT molecular complexity index is 826. The smallest absolute Gasteiger partial charge is 0.344 e. The number of benzene rings is 2. The molecule has 0 amide bonds. The van der Waals surface area contributed by atoms with E-state index in [2.05, 4.69) is 0 Å². The molecule has 0 aliphatic rings. The molecule has 0 atom stereocenters. The van der Waals surface area contributed by atoms with Crippen LogP contribution in [0.15, 0.2) is 59.0 Å². The molecule has 0 fully saturated rings. The first-order valence-electron chi connectivity index (χ1n) is 7.00. The van der Waals surface area contributed by atoms with Gasteiger partial charge in [0.2, 0.25) is 0 Å². The highest BCUT2D eigenvalue weighted by atomic mass is 16.6. The summed E-state index contributed by atoms with van der Waals surface area (Å²) >= 11 is 0. The van der Waals surface area contributed by atoms with Crippen LogP contribution in [0.3, 0.4) is 0 Å². The van der Waals surface area contributed by atoms with Crippen molar-refractivity contribution in [3.8, 4) is 11.8 Å². The van der Waals surface area contributed by atoms with Crippen molar-refractivity contribution in [3.63, 3.8) is 0 Å². The number of hydrogen-bond donors (Lipinski definition) is 0. The Morgan fingerprint density at radius 1 is 1.13 bits per heavy atom. The maximum absolute atomic E-state index is 11.7. The average molecular weight is 307 g/mol. The summed E-state index contributed by atoms with van der Waals surface area (Å²) in [6.07, 6.45) is 0. The molecule has 2 aromatic carbocycles. The van der Waals surface area contributed by atoms with Gasteiger partial charge in [0.15, 0.2) is 6.61 Å². The number of ether oxygens (including phenoxy) is 2. The van der Waals surface area contributed by atoms with E-state index in [0.29, 0.717) is 17.1 Å². The molecule has 0 unspecified atom stereocenters. The number of carbonyl (C=O) groups excluding carboxylic acids is 1. The Morgan fingerprint density at radius 2 is 1.91 bits per heavy atom. The zero-order valence-corrected chi connectivity index (χ0v) is 12.2. The van der Waals surface area contributed by atoms with Gasteiger partial charge in [-0.15, -0.1) is 0 Å². The van der Waals surface area contributed by atoms with E-state index in [1.54, 1.807) is 24.3 Å². The number of nitriles is 1. The number of esters is 1. The molecule has 0 radical (unpaired) electrons. The van der Waals surface area contributed by atoms with E-state index >= 15 is 0 Å². The summed E-state index contributed by atoms with van der Waals surface area (Å²) in [6, 6.07) is 17.9. The third-order valence-corrected chi connectivity index (χ3v) is 3.19. The average Bonchev–Trinajstić information content (AvgIpc) is 3.01. The Morgan fingerprint density at radius 3 is 2.65 bits per heavy atom. The molecule has 0 N–H and O–H groups in total. The van der Waals surface area contributed by atoms with Crippen molar-refractivity contribution < 1.29 is 18.7 Å². The number of furan rings is 1. The summed E-state index contributed by atoms with van der Waals surface area (Å²) in [4.78, 5) is 11.7. The van der Waals surface area contributed by atoms with E-state index in [-0.39, 0.29) is 13.2 Å². The summed E-state index contributed by atoms with van der Waals surface area (Å²) in [6.45, 7) is -0.142. The van der Waals surface area contributed by atoms with E-state index in [0.717, 1.165) is 11.0 Å². The molecule has 3 rings (SSSR count). The minimum atomic E-state index is -0.491. The summed E-state index contributed by atoms with van der Waals surface area (Å²) < 4.78 is 16.0. The first kappa shape index (κ1) is 14.7. The fraction of sp³-hybridized carbons (Fsp3) is 0.111. The van der Waals surface area contributed by atoms with Gasteiger partial charge in [-0.3, -0.25) is 0 Å². The summed E-state index contributed by atoms with van der Waals surface area (Å²) in [5, 5.41) is 9.67. The third-order valence-electron chi connectivity index (χ3n) is 3.19. The Hall–Kier alpha value is -3.26. The van der Waals surface area contributed by atoms with E-state index < -0.39 is 5.97 Å². The van der Waals surface area contributed by atoms with Gasteiger partial charge in [0.25, 0.3) is 0 Å². The van der Waals surface area contributed by atoms with E-state index in [4.69, 9.17) is 19.2 Å². The second-order valence-corrected chi connectivity index (χ2v) is 4.84. The van der Waals surface area contributed by atoms with Crippen molar-refractivity contribution in [3.05, 3.63) is 65.9 Å². The van der Waals surface area contributed by atoms with Gasteiger partial charge < -0.3 is 13.9 Å². The molecule has 1 heterocycles. The molecular formula is C18H13NO4. The number of carbonyl (C=O) groups is 1. The van der Waals surface area contributed by atoms with Gasteiger partial charge in [0.1, 0.15) is 23.7 Å². The lowest BCUT2D eigenvalue weighted by Gasteiger charge is -2.06.